The van der Waals surface area contributed by atoms with Crippen molar-refractivity contribution in [1.82, 2.24) is 4.98 Å². The molecular formula is C11H18N2O. The van der Waals surface area contributed by atoms with Gasteiger partial charge in [-0.1, -0.05) is 6.07 Å². The van der Waals surface area contributed by atoms with Crippen LogP contribution in [0.4, 0.5) is 0 Å². The van der Waals surface area contributed by atoms with Crippen LogP contribution in [0.1, 0.15) is 30.5 Å². The lowest BCUT2D eigenvalue weighted by Crippen LogP contribution is -2.25. The smallest absolute Gasteiger partial charge is 0.0437 e. The van der Waals surface area contributed by atoms with Gasteiger partial charge in [0, 0.05) is 30.5 Å². The highest BCUT2D eigenvalue weighted by atomic mass is 16.3. The monoisotopic (exact) mass is 194 g/mol. The van der Waals surface area contributed by atoms with E-state index in [2.05, 4.69) is 4.98 Å². The van der Waals surface area contributed by atoms with Crippen molar-refractivity contribution in [2.24, 2.45) is 5.73 Å². The molecule has 3 nitrogen and oxygen atoms in total. The largest absolute Gasteiger partial charge is 0.396 e. The van der Waals surface area contributed by atoms with Crippen LogP contribution in [0.2, 0.25) is 0 Å². The molecular weight excluding hydrogens is 176 g/mol. The molecule has 0 amide bonds. The van der Waals surface area contributed by atoms with E-state index in [1.807, 2.05) is 32.2 Å². The second kappa shape index (κ2) is 5.08. The Hall–Kier alpha value is -0.930. The van der Waals surface area contributed by atoms with Gasteiger partial charge in [-0.2, -0.15) is 0 Å². The molecule has 1 heterocycles. The van der Waals surface area contributed by atoms with Crippen LogP contribution in [0, 0.1) is 6.92 Å². The Bertz CT molecular complexity index is 269. The maximum atomic E-state index is 8.93. The number of aliphatic hydroxyl groups is 1. The molecule has 0 aliphatic heterocycles. The van der Waals surface area contributed by atoms with Gasteiger partial charge in [0.05, 0.1) is 0 Å². The van der Waals surface area contributed by atoms with Gasteiger partial charge in [0.2, 0.25) is 0 Å². The quantitative estimate of drug-likeness (QED) is 0.757. The van der Waals surface area contributed by atoms with Gasteiger partial charge in [-0.25, -0.2) is 0 Å². The molecule has 0 aromatic carbocycles. The van der Waals surface area contributed by atoms with E-state index in [0.717, 1.165) is 11.3 Å². The first kappa shape index (κ1) is 11.1. The molecule has 1 rings (SSSR count). The van der Waals surface area contributed by atoms with E-state index in [4.69, 9.17) is 10.8 Å². The average Bonchev–Trinajstić information content (AvgIpc) is 2.15. The lowest BCUT2D eigenvalue weighted by Gasteiger charge is -2.19. The van der Waals surface area contributed by atoms with Crippen molar-refractivity contribution in [1.29, 1.82) is 0 Å². The van der Waals surface area contributed by atoms with E-state index in [9.17, 15) is 0 Å². The van der Waals surface area contributed by atoms with Gasteiger partial charge >= 0.3 is 0 Å². The van der Waals surface area contributed by atoms with E-state index >= 15 is 0 Å². The van der Waals surface area contributed by atoms with Crippen molar-refractivity contribution in [2.45, 2.75) is 32.2 Å². The Morgan fingerprint density at radius 2 is 2.21 bits per heavy atom. The van der Waals surface area contributed by atoms with Gasteiger partial charge in [0.1, 0.15) is 0 Å². The van der Waals surface area contributed by atoms with Crippen LogP contribution in [-0.2, 0) is 0 Å². The number of aliphatic hydroxyl groups excluding tert-OH is 1. The first-order valence-electron chi connectivity index (χ1n) is 4.94. The third kappa shape index (κ3) is 2.79. The third-order valence-corrected chi connectivity index (χ3v) is 2.44. The third-order valence-electron chi connectivity index (χ3n) is 2.44. The number of nitrogens with zero attached hydrogens (tertiary/aromatic N) is 1. The lowest BCUT2D eigenvalue weighted by atomic mass is 9.91. The Balaban J connectivity index is 2.82. The van der Waals surface area contributed by atoms with Crippen LogP contribution in [0.5, 0.6) is 0 Å². The summed E-state index contributed by atoms with van der Waals surface area (Å²) in [5.41, 5.74) is 7.97. The van der Waals surface area contributed by atoms with E-state index < -0.39 is 0 Å². The Kier molecular flexibility index (Phi) is 4.04. The SMILES string of the molecule is Cc1ccc(C(CCO)C(C)N)cn1. The molecule has 14 heavy (non-hydrogen) atoms. The van der Waals surface area contributed by atoms with Gasteiger partial charge in [-0.15, -0.1) is 0 Å². The summed E-state index contributed by atoms with van der Waals surface area (Å²) < 4.78 is 0. The molecule has 0 bridgehead atoms. The zero-order chi connectivity index (χ0) is 10.6. The molecule has 1 aromatic rings. The van der Waals surface area contributed by atoms with Crippen molar-refractivity contribution < 1.29 is 5.11 Å². The number of hydrogen-bond donors (Lipinski definition) is 2. The first-order chi connectivity index (χ1) is 6.65. The number of aromatic nitrogens is 1. The van der Waals surface area contributed by atoms with Crippen LogP contribution >= 0.6 is 0 Å². The lowest BCUT2D eigenvalue weighted by molar-refractivity contribution is 0.269. The summed E-state index contributed by atoms with van der Waals surface area (Å²) in [4.78, 5) is 4.23. The molecule has 2 unspecified atom stereocenters. The number of aryl methyl sites for hydroxylation is 1. The number of pyridine rings is 1. The summed E-state index contributed by atoms with van der Waals surface area (Å²) in [6, 6.07) is 4.06. The topological polar surface area (TPSA) is 59.1 Å². The van der Waals surface area contributed by atoms with Gasteiger partial charge in [0.25, 0.3) is 0 Å². The van der Waals surface area contributed by atoms with Crippen LogP contribution in [0.15, 0.2) is 18.3 Å². The van der Waals surface area contributed by atoms with Crippen molar-refractivity contribution in [3.8, 4) is 0 Å². The van der Waals surface area contributed by atoms with Gasteiger partial charge < -0.3 is 10.8 Å². The summed E-state index contributed by atoms with van der Waals surface area (Å²) in [6.45, 7) is 4.08. The molecule has 0 fully saturated rings. The minimum Gasteiger partial charge on any atom is -0.396 e. The normalized spacial score (nSPS) is 15.1. The molecule has 78 valence electrons. The van der Waals surface area contributed by atoms with Gasteiger partial charge in [-0.3, -0.25) is 4.98 Å². The van der Waals surface area contributed by atoms with E-state index in [0.29, 0.717) is 6.42 Å². The fourth-order valence-electron chi connectivity index (χ4n) is 1.57. The summed E-state index contributed by atoms with van der Waals surface area (Å²) in [5, 5.41) is 8.93. The van der Waals surface area contributed by atoms with Crippen LogP contribution in [0.25, 0.3) is 0 Å². The molecule has 0 spiro atoms. The van der Waals surface area contributed by atoms with Crippen molar-refractivity contribution in [3.05, 3.63) is 29.6 Å². The minimum atomic E-state index is 0.0478. The van der Waals surface area contributed by atoms with Crippen molar-refractivity contribution >= 4 is 0 Å². The van der Waals surface area contributed by atoms with Crippen molar-refractivity contribution in [2.75, 3.05) is 6.61 Å². The standard InChI is InChI=1S/C11H18N2O/c1-8-3-4-10(7-13-8)11(5-6-14)9(2)12/h3-4,7,9,11,14H,5-6,12H2,1-2H3. The molecule has 1 aromatic heterocycles. The summed E-state index contributed by atoms with van der Waals surface area (Å²) in [5.74, 6) is 0.202. The summed E-state index contributed by atoms with van der Waals surface area (Å²) >= 11 is 0. The van der Waals surface area contributed by atoms with E-state index in [1.54, 1.807) is 0 Å². The molecule has 3 N–H and O–H groups in total. The first-order valence-corrected chi connectivity index (χ1v) is 4.94. The van der Waals surface area contributed by atoms with E-state index in [1.165, 1.54) is 0 Å². The molecule has 0 saturated heterocycles. The van der Waals surface area contributed by atoms with Crippen molar-refractivity contribution in [3.63, 3.8) is 0 Å². The van der Waals surface area contributed by atoms with Gasteiger partial charge in [-0.05, 0) is 31.9 Å². The average molecular weight is 194 g/mol. The van der Waals surface area contributed by atoms with Gasteiger partial charge in [0.15, 0.2) is 0 Å². The molecule has 0 aliphatic carbocycles. The molecule has 0 saturated carbocycles. The molecule has 0 radical (unpaired) electrons. The minimum absolute atomic E-state index is 0.0478. The highest BCUT2D eigenvalue weighted by molar-refractivity contribution is 5.19. The summed E-state index contributed by atoms with van der Waals surface area (Å²) in [6.07, 6.45) is 2.54. The fraction of sp³-hybridized carbons (Fsp3) is 0.545. The maximum absolute atomic E-state index is 8.93. The fourth-order valence-corrected chi connectivity index (χ4v) is 1.57. The predicted molar refractivity (Wildman–Crippen MR) is 57.1 cm³/mol. The zero-order valence-electron chi connectivity index (χ0n) is 8.77. The van der Waals surface area contributed by atoms with Crippen LogP contribution in [-0.4, -0.2) is 22.7 Å². The molecule has 3 heteroatoms. The Morgan fingerprint density at radius 3 is 2.64 bits per heavy atom. The van der Waals surface area contributed by atoms with E-state index in [-0.39, 0.29) is 18.6 Å². The maximum Gasteiger partial charge on any atom is 0.0437 e. The Labute approximate surface area is 85.0 Å². The Morgan fingerprint density at radius 1 is 1.50 bits per heavy atom. The number of hydrogen-bond acceptors (Lipinski definition) is 3. The highest BCUT2D eigenvalue weighted by Gasteiger charge is 2.15. The second-order valence-corrected chi connectivity index (χ2v) is 3.71. The molecule has 2 atom stereocenters. The predicted octanol–water partition coefficient (Wildman–Crippen LogP) is 1.20. The highest BCUT2D eigenvalue weighted by Crippen LogP contribution is 2.21. The summed E-state index contributed by atoms with van der Waals surface area (Å²) in [7, 11) is 0. The molecule has 0 aliphatic rings. The second-order valence-electron chi connectivity index (χ2n) is 3.71. The number of nitrogens with two attached hydrogens (primary N) is 1. The van der Waals surface area contributed by atoms with Crippen LogP contribution < -0.4 is 5.73 Å². The zero-order valence-corrected chi connectivity index (χ0v) is 8.77. The number of rotatable bonds is 4. The van der Waals surface area contributed by atoms with Crippen LogP contribution in [0.3, 0.4) is 0 Å².